The van der Waals surface area contributed by atoms with E-state index in [0.717, 1.165) is 30.8 Å². The monoisotopic (exact) mass is 322 g/mol. The molecule has 1 saturated heterocycles. The quantitative estimate of drug-likeness (QED) is 0.906. The minimum Gasteiger partial charge on any atom is -0.373 e. The summed E-state index contributed by atoms with van der Waals surface area (Å²) < 4.78 is 19.4. The summed E-state index contributed by atoms with van der Waals surface area (Å²) in [7, 11) is 0. The van der Waals surface area contributed by atoms with Crippen molar-refractivity contribution in [3.63, 3.8) is 0 Å². The van der Waals surface area contributed by atoms with Crippen LogP contribution in [-0.4, -0.2) is 41.8 Å². The van der Waals surface area contributed by atoms with Crippen molar-refractivity contribution < 1.29 is 13.9 Å². The largest absolute Gasteiger partial charge is 0.373 e. The summed E-state index contributed by atoms with van der Waals surface area (Å²) in [5, 5.41) is 2.68. The van der Waals surface area contributed by atoms with Gasteiger partial charge in [-0.1, -0.05) is 24.3 Å². The third-order valence-corrected chi connectivity index (χ3v) is 3.99. The van der Waals surface area contributed by atoms with E-state index in [1.54, 1.807) is 0 Å². The highest BCUT2D eigenvalue weighted by Crippen LogP contribution is 2.17. The summed E-state index contributed by atoms with van der Waals surface area (Å²) >= 11 is 0. The number of alkyl halides is 1. The van der Waals surface area contributed by atoms with E-state index in [4.69, 9.17) is 4.74 Å². The second-order valence-corrected chi connectivity index (χ2v) is 6.88. The average molecular weight is 322 g/mol. The van der Waals surface area contributed by atoms with Crippen molar-refractivity contribution >= 4 is 5.91 Å². The maximum absolute atomic E-state index is 13.6. The molecule has 1 aromatic carbocycles. The van der Waals surface area contributed by atoms with Crippen molar-refractivity contribution in [2.45, 2.75) is 58.7 Å². The molecule has 0 aliphatic carbocycles. The Morgan fingerprint density at radius 1 is 1.26 bits per heavy atom. The number of benzene rings is 1. The van der Waals surface area contributed by atoms with Gasteiger partial charge >= 0.3 is 0 Å². The fourth-order valence-corrected chi connectivity index (χ4v) is 2.92. The summed E-state index contributed by atoms with van der Waals surface area (Å²) in [5.74, 6) is -0.582. The Balaban J connectivity index is 2.01. The lowest BCUT2D eigenvalue weighted by Crippen LogP contribution is -2.45. The Morgan fingerprint density at radius 3 is 2.39 bits per heavy atom. The Hall–Kier alpha value is -1.46. The molecule has 1 aliphatic heterocycles. The van der Waals surface area contributed by atoms with Crippen LogP contribution in [0.4, 0.5) is 4.39 Å². The normalized spacial score (nSPS) is 22.8. The molecule has 128 valence electrons. The molecule has 0 unspecified atom stereocenters. The first-order valence-corrected chi connectivity index (χ1v) is 8.17. The fraction of sp³-hybridized carbons (Fsp3) is 0.611. The van der Waals surface area contributed by atoms with Crippen LogP contribution in [0.2, 0.25) is 0 Å². The van der Waals surface area contributed by atoms with Crippen molar-refractivity contribution in [3.05, 3.63) is 35.4 Å². The number of nitrogens with zero attached hydrogens (tertiary/aromatic N) is 1. The predicted octanol–water partition coefficient (Wildman–Crippen LogP) is 2.66. The topological polar surface area (TPSA) is 41.6 Å². The lowest BCUT2D eigenvalue weighted by atomic mass is 10.1. The van der Waals surface area contributed by atoms with Gasteiger partial charge in [-0.15, -0.1) is 0 Å². The number of carbonyl (C=O) groups is 1. The number of halogens is 1. The molecular weight excluding hydrogens is 295 g/mol. The third-order valence-electron chi connectivity index (χ3n) is 3.99. The molecule has 1 fully saturated rings. The number of ether oxygens (including phenoxy) is 1. The molecule has 1 amide bonds. The van der Waals surface area contributed by atoms with Crippen molar-refractivity contribution in [1.29, 1.82) is 0 Å². The van der Waals surface area contributed by atoms with Crippen LogP contribution in [0.15, 0.2) is 24.3 Å². The molecule has 1 N–H and O–H groups in total. The fourth-order valence-electron chi connectivity index (χ4n) is 2.92. The van der Waals surface area contributed by atoms with Gasteiger partial charge in [-0.05, 0) is 38.8 Å². The number of amides is 1. The van der Waals surface area contributed by atoms with Gasteiger partial charge in [0.2, 0.25) is 0 Å². The van der Waals surface area contributed by atoms with E-state index in [2.05, 4.69) is 30.1 Å². The minimum atomic E-state index is -1.86. The molecule has 4 nitrogen and oxygen atoms in total. The molecule has 23 heavy (non-hydrogen) atoms. The standard InChI is InChI=1S/C18H27FN2O2/c1-13-10-21(11-14(2)23-13)12-16-8-6-5-7-15(16)9-20-17(22)18(3,4)19/h5-8,13-14H,9-12H2,1-4H3,(H,20,22)/t13-,14+. The van der Waals surface area contributed by atoms with Crippen LogP contribution < -0.4 is 5.32 Å². The van der Waals surface area contributed by atoms with Gasteiger partial charge in [0.25, 0.3) is 5.91 Å². The van der Waals surface area contributed by atoms with E-state index >= 15 is 0 Å². The Labute approximate surface area is 138 Å². The molecule has 1 aromatic rings. The second-order valence-electron chi connectivity index (χ2n) is 6.88. The van der Waals surface area contributed by atoms with Crippen molar-refractivity contribution in [3.8, 4) is 0 Å². The van der Waals surface area contributed by atoms with Gasteiger partial charge in [-0.25, -0.2) is 4.39 Å². The summed E-state index contributed by atoms with van der Waals surface area (Å²) in [6, 6.07) is 7.98. The predicted molar refractivity (Wildman–Crippen MR) is 88.8 cm³/mol. The SMILES string of the molecule is C[C@@H]1CN(Cc2ccccc2CNC(=O)C(C)(C)F)C[C@H](C)O1. The molecule has 2 atom stereocenters. The molecule has 0 spiro atoms. The van der Waals surface area contributed by atoms with Gasteiger partial charge in [0.15, 0.2) is 5.67 Å². The molecule has 0 aromatic heterocycles. The number of nitrogens with one attached hydrogen (secondary N) is 1. The van der Waals surface area contributed by atoms with Crippen LogP contribution in [-0.2, 0) is 22.6 Å². The maximum atomic E-state index is 13.6. The van der Waals surface area contributed by atoms with E-state index in [1.165, 1.54) is 13.8 Å². The number of rotatable bonds is 5. The van der Waals surface area contributed by atoms with Gasteiger partial charge in [-0.3, -0.25) is 9.69 Å². The van der Waals surface area contributed by atoms with Crippen LogP contribution >= 0.6 is 0 Å². The van der Waals surface area contributed by atoms with E-state index < -0.39 is 11.6 Å². The van der Waals surface area contributed by atoms with Gasteiger partial charge in [-0.2, -0.15) is 0 Å². The number of hydrogen-bond acceptors (Lipinski definition) is 3. The first-order valence-electron chi connectivity index (χ1n) is 8.17. The lowest BCUT2D eigenvalue weighted by Gasteiger charge is -2.35. The first kappa shape index (κ1) is 17.9. The van der Waals surface area contributed by atoms with Crippen molar-refractivity contribution in [2.75, 3.05) is 13.1 Å². The number of hydrogen-bond donors (Lipinski definition) is 1. The zero-order chi connectivity index (χ0) is 17.0. The molecule has 5 heteroatoms. The zero-order valence-electron chi connectivity index (χ0n) is 14.4. The van der Waals surface area contributed by atoms with Gasteiger partial charge in [0.05, 0.1) is 12.2 Å². The zero-order valence-corrected chi connectivity index (χ0v) is 14.4. The van der Waals surface area contributed by atoms with E-state index in [1.807, 2.05) is 18.2 Å². The number of carbonyl (C=O) groups excluding carboxylic acids is 1. The minimum absolute atomic E-state index is 0.220. The summed E-state index contributed by atoms with van der Waals surface area (Å²) in [6.45, 7) is 9.64. The smallest absolute Gasteiger partial charge is 0.257 e. The van der Waals surface area contributed by atoms with Crippen LogP contribution in [0.5, 0.6) is 0 Å². The Bertz CT molecular complexity index is 532. The van der Waals surface area contributed by atoms with Crippen LogP contribution in [0.25, 0.3) is 0 Å². The molecular formula is C18H27FN2O2. The molecule has 1 heterocycles. The Kier molecular flexibility index (Phi) is 5.76. The second kappa shape index (κ2) is 7.41. The van der Waals surface area contributed by atoms with Crippen molar-refractivity contribution in [1.82, 2.24) is 10.2 Å². The first-order chi connectivity index (χ1) is 10.8. The maximum Gasteiger partial charge on any atom is 0.257 e. The van der Waals surface area contributed by atoms with Crippen LogP contribution in [0, 0.1) is 0 Å². The Morgan fingerprint density at radius 2 is 1.83 bits per heavy atom. The molecule has 0 radical (unpaired) electrons. The molecule has 0 bridgehead atoms. The van der Waals surface area contributed by atoms with Gasteiger partial charge < -0.3 is 10.1 Å². The molecule has 0 saturated carbocycles. The van der Waals surface area contributed by atoms with E-state index in [-0.39, 0.29) is 12.2 Å². The third kappa shape index (κ3) is 5.29. The van der Waals surface area contributed by atoms with Crippen molar-refractivity contribution in [2.24, 2.45) is 0 Å². The van der Waals surface area contributed by atoms with E-state index in [0.29, 0.717) is 6.54 Å². The number of morpholine rings is 1. The van der Waals surface area contributed by atoms with Gasteiger partial charge in [0.1, 0.15) is 0 Å². The lowest BCUT2D eigenvalue weighted by molar-refractivity contribution is -0.130. The molecule has 1 aliphatic rings. The van der Waals surface area contributed by atoms with E-state index in [9.17, 15) is 9.18 Å². The highest BCUT2D eigenvalue weighted by Gasteiger charge is 2.26. The highest BCUT2D eigenvalue weighted by molar-refractivity contribution is 5.84. The molecule has 2 rings (SSSR count). The summed E-state index contributed by atoms with van der Waals surface area (Å²) in [6.07, 6.45) is 0.441. The average Bonchev–Trinajstić information content (AvgIpc) is 2.44. The summed E-state index contributed by atoms with van der Waals surface area (Å²) in [5.41, 5.74) is 0.326. The van der Waals surface area contributed by atoms with Crippen LogP contribution in [0.1, 0.15) is 38.8 Å². The van der Waals surface area contributed by atoms with Gasteiger partial charge in [0, 0.05) is 26.2 Å². The highest BCUT2D eigenvalue weighted by atomic mass is 19.1. The van der Waals surface area contributed by atoms with Crippen LogP contribution in [0.3, 0.4) is 0 Å². The summed E-state index contributed by atoms with van der Waals surface area (Å²) in [4.78, 5) is 14.1.